The summed E-state index contributed by atoms with van der Waals surface area (Å²) in [6.07, 6.45) is 5.27. The van der Waals surface area contributed by atoms with E-state index >= 15 is 0 Å². The number of thiazole rings is 1. The van der Waals surface area contributed by atoms with Crippen LogP contribution in [0, 0.1) is 6.92 Å². The quantitative estimate of drug-likeness (QED) is 0.869. The molecule has 1 aromatic carbocycles. The van der Waals surface area contributed by atoms with Crippen LogP contribution in [0.5, 0.6) is 0 Å². The summed E-state index contributed by atoms with van der Waals surface area (Å²) in [6, 6.07) is 8.45. The van der Waals surface area contributed by atoms with E-state index in [1.54, 1.807) is 11.3 Å². The molecule has 1 aromatic heterocycles. The Morgan fingerprint density at radius 1 is 1.22 bits per heavy atom. The summed E-state index contributed by atoms with van der Waals surface area (Å²) < 4.78 is 0. The number of anilines is 1. The van der Waals surface area contributed by atoms with Crippen LogP contribution in [0.25, 0.3) is 11.3 Å². The minimum Gasteiger partial charge on any atom is -0.375 e. The minimum absolute atomic E-state index is 0.675. The third-order valence-electron chi connectivity index (χ3n) is 3.80. The lowest BCUT2D eigenvalue weighted by molar-refractivity contribution is 0.738. The highest BCUT2D eigenvalue weighted by Crippen LogP contribution is 2.43. The first-order valence-corrected chi connectivity index (χ1v) is 7.39. The lowest BCUT2D eigenvalue weighted by Crippen LogP contribution is -1.93. The molecule has 0 saturated heterocycles. The molecule has 1 aliphatic carbocycles. The molecule has 3 rings (SSSR count). The minimum atomic E-state index is 0.675. The largest absolute Gasteiger partial charge is 0.375 e. The van der Waals surface area contributed by atoms with Crippen molar-refractivity contribution >= 4 is 16.5 Å². The molecule has 2 aromatic rings. The van der Waals surface area contributed by atoms with Crippen molar-refractivity contribution in [2.24, 2.45) is 0 Å². The van der Waals surface area contributed by atoms with Gasteiger partial charge in [-0.2, -0.15) is 0 Å². The van der Waals surface area contributed by atoms with Gasteiger partial charge in [0.05, 0.1) is 5.69 Å². The van der Waals surface area contributed by atoms with Gasteiger partial charge < -0.3 is 5.73 Å². The van der Waals surface area contributed by atoms with Gasteiger partial charge in [0, 0.05) is 10.4 Å². The van der Waals surface area contributed by atoms with Crippen molar-refractivity contribution < 1.29 is 0 Å². The molecule has 0 spiro atoms. The smallest absolute Gasteiger partial charge is 0.180 e. The number of rotatable bonds is 2. The average molecular weight is 258 g/mol. The van der Waals surface area contributed by atoms with E-state index in [-0.39, 0.29) is 0 Å². The number of aromatic nitrogens is 1. The van der Waals surface area contributed by atoms with Gasteiger partial charge in [0.25, 0.3) is 0 Å². The molecule has 18 heavy (non-hydrogen) atoms. The zero-order valence-corrected chi connectivity index (χ0v) is 11.5. The van der Waals surface area contributed by atoms with Crippen LogP contribution in [0.3, 0.4) is 0 Å². The monoisotopic (exact) mass is 258 g/mol. The maximum absolute atomic E-state index is 5.94. The zero-order chi connectivity index (χ0) is 12.5. The Kier molecular flexibility index (Phi) is 3.08. The number of aryl methyl sites for hydroxylation is 1. The van der Waals surface area contributed by atoms with E-state index in [9.17, 15) is 0 Å². The molecule has 0 unspecified atom stereocenters. The van der Waals surface area contributed by atoms with E-state index in [4.69, 9.17) is 5.73 Å². The van der Waals surface area contributed by atoms with E-state index in [0.717, 1.165) is 5.69 Å². The highest BCUT2D eigenvalue weighted by atomic mass is 32.1. The Balaban J connectivity index is 2.09. The van der Waals surface area contributed by atoms with Crippen LogP contribution in [0.1, 0.15) is 42.0 Å². The van der Waals surface area contributed by atoms with Gasteiger partial charge in [0.2, 0.25) is 0 Å². The van der Waals surface area contributed by atoms with Gasteiger partial charge in [0.1, 0.15) is 0 Å². The van der Waals surface area contributed by atoms with Crippen LogP contribution in [0.2, 0.25) is 0 Å². The molecule has 0 atom stereocenters. The molecule has 0 amide bonds. The molecule has 0 radical (unpaired) electrons. The first kappa shape index (κ1) is 11.7. The molecule has 0 aliphatic heterocycles. The molecule has 1 fully saturated rings. The third-order valence-corrected chi connectivity index (χ3v) is 4.84. The lowest BCUT2D eigenvalue weighted by atomic mass is 9.98. The first-order chi connectivity index (χ1) is 8.75. The molecule has 0 bridgehead atoms. The number of hydrogen-bond donors (Lipinski definition) is 1. The molecule has 1 saturated carbocycles. The molecule has 2 N–H and O–H groups in total. The Bertz CT molecular complexity index is 553. The van der Waals surface area contributed by atoms with Gasteiger partial charge in [-0.15, -0.1) is 11.3 Å². The molecular weight excluding hydrogens is 240 g/mol. The fourth-order valence-corrected chi connectivity index (χ4v) is 3.86. The van der Waals surface area contributed by atoms with E-state index in [2.05, 4.69) is 36.2 Å². The standard InChI is InChI=1S/C15H18N2S/c1-10-6-2-5-9-12(10)13-14(18-15(16)17-13)11-7-3-4-8-11/h2,5-6,9,11H,3-4,7-8H2,1H3,(H2,16,17). The molecule has 1 heterocycles. The second-order valence-electron chi connectivity index (χ2n) is 5.06. The first-order valence-electron chi connectivity index (χ1n) is 6.58. The summed E-state index contributed by atoms with van der Waals surface area (Å²) in [5.74, 6) is 0.675. The van der Waals surface area contributed by atoms with E-state index in [1.165, 1.54) is 41.7 Å². The Morgan fingerprint density at radius 2 is 1.94 bits per heavy atom. The Labute approximate surface area is 112 Å². The van der Waals surface area contributed by atoms with Crippen LogP contribution in [0.15, 0.2) is 24.3 Å². The second-order valence-corrected chi connectivity index (χ2v) is 6.12. The van der Waals surface area contributed by atoms with Gasteiger partial charge in [-0.1, -0.05) is 37.1 Å². The molecule has 94 valence electrons. The number of nitrogens with two attached hydrogens (primary N) is 1. The zero-order valence-electron chi connectivity index (χ0n) is 10.6. The predicted molar refractivity (Wildman–Crippen MR) is 77.9 cm³/mol. The van der Waals surface area contributed by atoms with Crippen LogP contribution in [0.4, 0.5) is 5.13 Å². The number of nitrogens with zero attached hydrogens (tertiary/aromatic N) is 1. The molecule has 2 nitrogen and oxygen atoms in total. The van der Waals surface area contributed by atoms with E-state index in [0.29, 0.717) is 11.0 Å². The summed E-state index contributed by atoms with van der Waals surface area (Å²) in [5.41, 5.74) is 9.59. The van der Waals surface area contributed by atoms with Crippen molar-refractivity contribution in [3.05, 3.63) is 34.7 Å². The Morgan fingerprint density at radius 3 is 2.67 bits per heavy atom. The van der Waals surface area contributed by atoms with Crippen molar-refractivity contribution in [1.82, 2.24) is 4.98 Å². The highest BCUT2D eigenvalue weighted by molar-refractivity contribution is 7.15. The third kappa shape index (κ3) is 2.03. The van der Waals surface area contributed by atoms with Gasteiger partial charge in [0.15, 0.2) is 5.13 Å². The van der Waals surface area contributed by atoms with Crippen LogP contribution >= 0.6 is 11.3 Å². The molecular formula is C15H18N2S. The van der Waals surface area contributed by atoms with Crippen molar-refractivity contribution in [1.29, 1.82) is 0 Å². The van der Waals surface area contributed by atoms with Crippen molar-refractivity contribution in [3.63, 3.8) is 0 Å². The fraction of sp³-hybridized carbons (Fsp3) is 0.400. The topological polar surface area (TPSA) is 38.9 Å². The predicted octanol–water partition coefficient (Wildman–Crippen LogP) is 4.36. The van der Waals surface area contributed by atoms with Gasteiger partial charge in [-0.25, -0.2) is 4.98 Å². The maximum atomic E-state index is 5.94. The van der Waals surface area contributed by atoms with Crippen molar-refractivity contribution in [2.45, 2.75) is 38.5 Å². The lowest BCUT2D eigenvalue weighted by Gasteiger charge is -2.10. The molecule has 1 aliphatic rings. The highest BCUT2D eigenvalue weighted by Gasteiger charge is 2.24. The normalized spacial score (nSPS) is 16.3. The van der Waals surface area contributed by atoms with Gasteiger partial charge >= 0.3 is 0 Å². The average Bonchev–Trinajstić information content (AvgIpc) is 2.98. The summed E-state index contributed by atoms with van der Waals surface area (Å²) in [7, 11) is 0. The van der Waals surface area contributed by atoms with Crippen LogP contribution < -0.4 is 5.73 Å². The van der Waals surface area contributed by atoms with Crippen LogP contribution in [-0.2, 0) is 0 Å². The summed E-state index contributed by atoms with van der Waals surface area (Å²) in [5, 5.41) is 0.704. The van der Waals surface area contributed by atoms with E-state index in [1.807, 2.05) is 0 Å². The SMILES string of the molecule is Cc1ccccc1-c1nc(N)sc1C1CCCC1. The molecule has 3 heteroatoms. The summed E-state index contributed by atoms with van der Waals surface area (Å²) in [4.78, 5) is 5.98. The summed E-state index contributed by atoms with van der Waals surface area (Å²) >= 11 is 1.68. The van der Waals surface area contributed by atoms with Gasteiger partial charge in [-0.05, 0) is 31.2 Å². The maximum Gasteiger partial charge on any atom is 0.180 e. The van der Waals surface area contributed by atoms with Crippen LogP contribution in [-0.4, -0.2) is 4.98 Å². The fourth-order valence-electron chi connectivity index (χ4n) is 2.85. The number of nitrogen functional groups attached to an aromatic ring is 1. The number of hydrogen-bond acceptors (Lipinski definition) is 3. The number of benzene rings is 1. The van der Waals surface area contributed by atoms with Crippen molar-refractivity contribution in [2.75, 3.05) is 5.73 Å². The Hall–Kier alpha value is -1.35. The van der Waals surface area contributed by atoms with E-state index < -0.39 is 0 Å². The van der Waals surface area contributed by atoms with Crippen molar-refractivity contribution in [3.8, 4) is 11.3 Å². The second kappa shape index (κ2) is 4.73. The summed E-state index contributed by atoms with van der Waals surface area (Å²) in [6.45, 7) is 2.14. The van der Waals surface area contributed by atoms with Gasteiger partial charge in [-0.3, -0.25) is 0 Å².